The van der Waals surface area contributed by atoms with Gasteiger partial charge in [-0.05, 0) is 12.1 Å². The highest BCUT2D eigenvalue weighted by Crippen LogP contribution is 2.32. The van der Waals surface area contributed by atoms with Crippen LogP contribution in [0.2, 0.25) is 0 Å². The van der Waals surface area contributed by atoms with E-state index in [0.717, 1.165) is 5.39 Å². The van der Waals surface area contributed by atoms with Crippen LogP contribution in [0.25, 0.3) is 10.9 Å². The summed E-state index contributed by atoms with van der Waals surface area (Å²) in [5.74, 6) is -0.444. The molecule has 0 bridgehead atoms. The highest BCUT2D eigenvalue weighted by molar-refractivity contribution is 5.82. The molecular weight excluding hydrogens is 269 g/mol. The minimum Gasteiger partial charge on any atom is -0.494 e. The standard InChI is InChI=1S/C17H14FNO2/c1-21-14-9-3-7-12(15(14)18)17(20)13-8-2-5-11-6-4-10-19-16(11)13/h2-10,17,20H,1H3. The number of hydrogen-bond acceptors (Lipinski definition) is 3. The van der Waals surface area contributed by atoms with Gasteiger partial charge in [0.05, 0.1) is 12.6 Å². The van der Waals surface area contributed by atoms with Crippen molar-refractivity contribution in [3.8, 4) is 5.75 Å². The second-order valence-corrected chi connectivity index (χ2v) is 4.69. The van der Waals surface area contributed by atoms with Gasteiger partial charge in [0, 0.05) is 22.7 Å². The van der Waals surface area contributed by atoms with Crippen molar-refractivity contribution in [2.75, 3.05) is 7.11 Å². The lowest BCUT2D eigenvalue weighted by molar-refractivity contribution is 0.214. The van der Waals surface area contributed by atoms with E-state index in [1.54, 1.807) is 24.4 Å². The first-order valence-corrected chi connectivity index (χ1v) is 6.56. The average molecular weight is 283 g/mol. The van der Waals surface area contributed by atoms with Crippen LogP contribution in [0.15, 0.2) is 54.7 Å². The number of halogens is 1. The van der Waals surface area contributed by atoms with Crippen molar-refractivity contribution in [1.82, 2.24) is 4.98 Å². The van der Waals surface area contributed by atoms with Crippen LogP contribution in [0.3, 0.4) is 0 Å². The molecular formula is C17H14FNO2. The van der Waals surface area contributed by atoms with Gasteiger partial charge in [-0.15, -0.1) is 0 Å². The third kappa shape index (κ3) is 2.34. The monoisotopic (exact) mass is 283 g/mol. The fourth-order valence-corrected chi connectivity index (χ4v) is 2.41. The van der Waals surface area contributed by atoms with Gasteiger partial charge in [-0.25, -0.2) is 4.39 Å². The molecule has 1 heterocycles. The maximum atomic E-state index is 14.3. The van der Waals surface area contributed by atoms with E-state index in [0.29, 0.717) is 11.1 Å². The number of fused-ring (bicyclic) bond motifs is 1. The molecule has 0 fully saturated rings. The number of para-hydroxylation sites is 1. The van der Waals surface area contributed by atoms with Gasteiger partial charge in [-0.1, -0.05) is 36.4 Å². The number of rotatable bonds is 3. The normalized spacial score (nSPS) is 12.3. The molecule has 1 aromatic heterocycles. The third-order valence-electron chi connectivity index (χ3n) is 3.47. The Kier molecular flexibility index (Phi) is 3.54. The molecule has 3 aromatic rings. The molecule has 2 aromatic carbocycles. The van der Waals surface area contributed by atoms with Gasteiger partial charge in [-0.2, -0.15) is 0 Å². The Labute approximate surface area is 121 Å². The van der Waals surface area contributed by atoms with Gasteiger partial charge >= 0.3 is 0 Å². The largest absolute Gasteiger partial charge is 0.494 e. The van der Waals surface area contributed by atoms with E-state index in [2.05, 4.69) is 4.98 Å². The number of pyridine rings is 1. The number of hydrogen-bond donors (Lipinski definition) is 1. The summed E-state index contributed by atoms with van der Waals surface area (Å²) in [4.78, 5) is 4.29. The zero-order valence-electron chi connectivity index (χ0n) is 11.5. The minimum absolute atomic E-state index is 0.111. The lowest BCUT2D eigenvalue weighted by Gasteiger charge is -2.15. The molecule has 1 unspecified atom stereocenters. The van der Waals surface area contributed by atoms with E-state index >= 15 is 0 Å². The zero-order chi connectivity index (χ0) is 14.8. The molecule has 0 saturated heterocycles. The van der Waals surface area contributed by atoms with Gasteiger partial charge in [-0.3, -0.25) is 4.98 Å². The van der Waals surface area contributed by atoms with Crippen molar-refractivity contribution in [2.24, 2.45) is 0 Å². The van der Waals surface area contributed by atoms with Gasteiger partial charge in [0.25, 0.3) is 0 Å². The van der Waals surface area contributed by atoms with Crippen LogP contribution in [0.1, 0.15) is 17.2 Å². The third-order valence-corrected chi connectivity index (χ3v) is 3.47. The Morgan fingerprint density at radius 1 is 1.05 bits per heavy atom. The molecule has 4 heteroatoms. The number of nitrogens with zero attached hydrogens (tertiary/aromatic N) is 1. The number of benzene rings is 2. The maximum Gasteiger partial charge on any atom is 0.171 e. The van der Waals surface area contributed by atoms with Crippen LogP contribution in [0.4, 0.5) is 4.39 Å². The van der Waals surface area contributed by atoms with Crippen molar-refractivity contribution in [3.05, 3.63) is 71.7 Å². The predicted octanol–water partition coefficient (Wildman–Crippen LogP) is 3.46. The first-order chi connectivity index (χ1) is 10.2. The molecule has 21 heavy (non-hydrogen) atoms. The van der Waals surface area contributed by atoms with E-state index in [4.69, 9.17) is 4.74 Å². The van der Waals surface area contributed by atoms with Crippen LogP contribution in [0, 0.1) is 5.82 Å². The van der Waals surface area contributed by atoms with Gasteiger partial charge in [0.1, 0.15) is 6.10 Å². The van der Waals surface area contributed by atoms with Crippen molar-refractivity contribution in [3.63, 3.8) is 0 Å². The Hall–Kier alpha value is -2.46. The zero-order valence-corrected chi connectivity index (χ0v) is 11.5. The summed E-state index contributed by atoms with van der Waals surface area (Å²) in [6.45, 7) is 0. The molecule has 1 N–H and O–H groups in total. The number of aliphatic hydroxyl groups is 1. The van der Waals surface area contributed by atoms with Crippen molar-refractivity contribution in [2.45, 2.75) is 6.10 Å². The number of aliphatic hydroxyl groups excluding tert-OH is 1. The summed E-state index contributed by atoms with van der Waals surface area (Å²) in [5, 5.41) is 11.5. The van der Waals surface area contributed by atoms with Crippen molar-refractivity contribution < 1.29 is 14.2 Å². The fraction of sp³-hybridized carbons (Fsp3) is 0.118. The summed E-state index contributed by atoms with van der Waals surface area (Å²) in [6.07, 6.45) is 0.555. The van der Waals surface area contributed by atoms with E-state index in [1.807, 2.05) is 24.3 Å². The van der Waals surface area contributed by atoms with Crippen molar-refractivity contribution >= 4 is 10.9 Å². The predicted molar refractivity (Wildman–Crippen MR) is 78.8 cm³/mol. The lowest BCUT2D eigenvalue weighted by Crippen LogP contribution is -2.05. The maximum absolute atomic E-state index is 14.3. The Morgan fingerprint density at radius 2 is 1.76 bits per heavy atom. The second kappa shape index (κ2) is 5.50. The SMILES string of the molecule is COc1cccc(C(O)c2cccc3cccnc23)c1F. The molecule has 3 nitrogen and oxygen atoms in total. The van der Waals surface area contributed by atoms with Crippen LogP contribution in [-0.4, -0.2) is 17.2 Å². The summed E-state index contributed by atoms with van der Waals surface area (Å²) in [6, 6.07) is 13.9. The minimum atomic E-state index is -1.10. The van der Waals surface area contributed by atoms with E-state index in [-0.39, 0.29) is 11.3 Å². The quantitative estimate of drug-likeness (QED) is 0.800. The fourth-order valence-electron chi connectivity index (χ4n) is 2.41. The number of aromatic nitrogens is 1. The van der Waals surface area contributed by atoms with Crippen LogP contribution < -0.4 is 4.74 Å². The topological polar surface area (TPSA) is 42.4 Å². The molecule has 0 aliphatic heterocycles. The summed E-state index contributed by atoms with van der Waals surface area (Å²) in [5.41, 5.74) is 1.41. The highest BCUT2D eigenvalue weighted by atomic mass is 19.1. The molecule has 0 radical (unpaired) electrons. The Morgan fingerprint density at radius 3 is 2.57 bits per heavy atom. The van der Waals surface area contributed by atoms with Crippen LogP contribution in [0.5, 0.6) is 5.75 Å². The lowest BCUT2D eigenvalue weighted by atomic mass is 9.98. The van der Waals surface area contributed by atoms with E-state index < -0.39 is 11.9 Å². The molecule has 0 spiro atoms. The second-order valence-electron chi connectivity index (χ2n) is 4.69. The Bertz CT molecular complexity index is 783. The van der Waals surface area contributed by atoms with E-state index in [1.165, 1.54) is 13.2 Å². The van der Waals surface area contributed by atoms with Gasteiger partial charge < -0.3 is 9.84 Å². The summed E-state index contributed by atoms with van der Waals surface area (Å²) in [7, 11) is 1.40. The molecule has 1 atom stereocenters. The van der Waals surface area contributed by atoms with Crippen LogP contribution >= 0.6 is 0 Å². The highest BCUT2D eigenvalue weighted by Gasteiger charge is 2.20. The average Bonchev–Trinajstić information content (AvgIpc) is 2.54. The molecule has 0 saturated carbocycles. The molecule has 3 rings (SSSR count). The number of ether oxygens (including phenoxy) is 1. The van der Waals surface area contributed by atoms with Crippen LogP contribution in [-0.2, 0) is 0 Å². The smallest absolute Gasteiger partial charge is 0.171 e. The first-order valence-electron chi connectivity index (χ1n) is 6.56. The molecule has 0 aliphatic carbocycles. The number of methoxy groups -OCH3 is 1. The van der Waals surface area contributed by atoms with Gasteiger partial charge in [0.15, 0.2) is 11.6 Å². The van der Waals surface area contributed by atoms with Crippen molar-refractivity contribution in [1.29, 1.82) is 0 Å². The molecule has 106 valence electrons. The molecule has 0 aliphatic rings. The Balaban J connectivity index is 2.15. The van der Waals surface area contributed by atoms with E-state index in [9.17, 15) is 9.50 Å². The molecule has 0 amide bonds. The summed E-state index contributed by atoms with van der Waals surface area (Å²) < 4.78 is 19.3. The first kappa shape index (κ1) is 13.5. The summed E-state index contributed by atoms with van der Waals surface area (Å²) >= 11 is 0. The van der Waals surface area contributed by atoms with Gasteiger partial charge in [0.2, 0.25) is 0 Å².